The molecule has 2 aliphatic heterocycles. The number of aromatic nitrogens is 2. The summed E-state index contributed by atoms with van der Waals surface area (Å²) in [4.78, 5) is 15.8. The second kappa shape index (κ2) is 7.07. The monoisotopic (exact) mass is 384 g/mol. The Bertz CT molecular complexity index is 875. The Balaban J connectivity index is 1.61. The smallest absolute Gasteiger partial charge is 0.407 e. The molecule has 1 aromatic heterocycles. The van der Waals surface area contributed by atoms with E-state index in [0.717, 1.165) is 48.7 Å². The molecule has 0 bridgehead atoms. The summed E-state index contributed by atoms with van der Waals surface area (Å²) < 4.78 is 2.14. The minimum atomic E-state index is -0.823. The van der Waals surface area contributed by atoms with E-state index in [2.05, 4.69) is 61.8 Å². The minimum Gasteiger partial charge on any atom is -0.465 e. The van der Waals surface area contributed by atoms with Gasteiger partial charge >= 0.3 is 6.09 Å². The van der Waals surface area contributed by atoms with Gasteiger partial charge in [-0.3, -0.25) is 4.68 Å². The second-order valence-corrected chi connectivity index (χ2v) is 9.44. The molecule has 6 nitrogen and oxygen atoms in total. The van der Waals surface area contributed by atoms with Crippen molar-refractivity contribution in [1.82, 2.24) is 19.6 Å². The van der Waals surface area contributed by atoms with Crippen molar-refractivity contribution in [3.8, 4) is 0 Å². The molecular formula is C22H32N4O2. The third-order valence-corrected chi connectivity index (χ3v) is 6.94. The first-order chi connectivity index (χ1) is 13.2. The third kappa shape index (κ3) is 3.50. The molecule has 3 heterocycles. The van der Waals surface area contributed by atoms with Crippen molar-refractivity contribution in [3.63, 3.8) is 0 Å². The summed E-state index contributed by atoms with van der Waals surface area (Å²) in [6, 6.07) is 6.64. The van der Waals surface area contributed by atoms with E-state index in [4.69, 9.17) is 5.10 Å². The van der Waals surface area contributed by atoms with E-state index in [1.54, 1.807) is 4.90 Å². The van der Waals surface area contributed by atoms with Gasteiger partial charge in [-0.2, -0.15) is 5.10 Å². The van der Waals surface area contributed by atoms with Crippen LogP contribution in [0.3, 0.4) is 0 Å². The van der Waals surface area contributed by atoms with Crippen molar-refractivity contribution in [2.24, 2.45) is 5.92 Å². The molecule has 0 radical (unpaired) electrons. The van der Waals surface area contributed by atoms with Gasteiger partial charge in [0.15, 0.2) is 0 Å². The molecule has 28 heavy (non-hydrogen) atoms. The summed E-state index contributed by atoms with van der Waals surface area (Å²) in [6.07, 6.45) is 5.46. The Labute approximate surface area is 167 Å². The maximum Gasteiger partial charge on any atom is 0.407 e. The fourth-order valence-corrected chi connectivity index (χ4v) is 4.86. The molecule has 2 aromatic rings. The summed E-state index contributed by atoms with van der Waals surface area (Å²) in [5.41, 5.74) is 2.21. The highest BCUT2D eigenvalue weighted by atomic mass is 16.4. The summed E-state index contributed by atoms with van der Waals surface area (Å²) in [5, 5.41) is 15.7. The average molecular weight is 385 g/mol. The number of piperidine rings is 2. The molecule has 2 fully saturated rings. The fraction of sp³-hybridized carbons (Fsp3) is 0.636. The van der Waals surface area contributed by atoms with Gasteiger partial charge in [-0.15, -0.1) is 0 Å². The van der Waals surface area contributed by atoms with Gasteiger partial charge in [0.2, 0.25) is 0 Å². The van der Waals surface area contributed by atoms with Gasteiger partial charge < -0.3 is 14.9 Å². The minimum absolute atomic E-state index is 0.0643. The maximum atomic E-state index is 11.7. The first-order valence-electron chi connectivity index (χ1n) is 10.4. The van der Waals surface area contributed by atoms with Gasteiger partial charge in [0.1, 0.15) is 0 Å². The van der Waals surface area contributed by atoms with Crippen LogP contribution in [0.1, 0.15) is 64.1 Å². The van der Waals surface area contributed by atoms with Crippen molar-refractivity contribution in [2.45, 2.75) is 64.1 Å². The number of rotatable bonds is 2. The quantitative estimate of drug-likeness (QED) is 0.826. The highest BCUT2D eigenvalue weighted by Crippen LogP contribution is 2.36. The summed E-state index contributed by atoms with van der Waals surface area (Å²) >= 11 is 0. The van der Waals surface area contributed by atoms with Crippen LogP contribution in [-0.2, 0) is 0 Å². The number of nitrogens with zero attached hydrogens (tertiary/aromatic N) is 4. The van der Waals surface area contributed by atoms with Crippen LogP contribution in [0.15, 0.2) is 24.4 Å². The first kappa shape index (κ1) is 19.2. The number of carbonyl (C=O) groups is 1. The van der Waals surface area contributed by atoms with Gasteiger partial charge in [-0.25, -0.2) is 4.79 Å². The molecule has 1 N–H and O–H groups in total. The SMILES string of the molecule is C[C@H]1CC[C@H](c2ccc3cn(C4CCN(C)C(C)(C)C4)nc3c2)N(C(=O)O)C1. The zero-order valence-corrected chi connectivity index (χ0v) is 17.4. The van der Waals surface area contributed by atoms with Crippen molar-refractivity contribution >= 4 is 17.0 Å². The number of fused-ring (bicyclic) bond motifs is 1. The Hall–Kier alpha value is -2.08. The number of carboxylic acid groups (broad SMARTS) is 1. The van der Waals surface area contributed by atoms with Crippen molar-refractivity contribution < 1.29 is 9.90 Å². The third-order valence-electron chi connectivity index (χ3n) is 6.94. The van der Waals surface area contributed by atoms with Crippen LogP contribution in [0.4, 0.5) is 4.79 Å². The van der Waals surface area contributed by atoms with Gasteiger partial charge in [0, 0.05) is 30.2 Å². The maximum absolute atomic E-state index is 11.7. The molecule has 6 heteroatoms. The Morgan fingerprint density at radius 3 is 2.75 bits per heavy atom. The number of benzene rings is 1. The van der Waals surface area contributed by atoms with E-state index in [1.165, 1.54) is 0 Å². The van der Waals surface area contributed by atoms with Crippen LogP contribution in [0.2, 0.25) is 0 Å². The van der Waals surface area contributed by atoms with Crippen LogP contribution in [0.25, 0.3) is 10.9 Å². The predicted molar refractivity (Wildman–Crippen MR) is 111 cm³/mol. The van der Waals surface area contributed by atoms with E-state index >= 15 is 0 Å². The van der Waals surface area contributed by atoms with Gasteiger partial charge in [0.05, 0.1) is 17.6 Å². The molecular weight excluding hydrogens is 352 g/mol. The first-order valence-corrected chi connectivity index (χ1v) is 10.4. The summed E-state index contributed by atoms with van der Waals surface area (Å²) in [6.45, 7) is 8.40. The van der Waals surface area contributed by atoms with E-state index in [0.29, 0.717) is 18.5 Å². The van der Waals surface area contributed by atoms with E-state index in [1.807, 2.05) is 0 Å². The second-order valence-electron chi connectivity index (χ2n) is 9.44. The fourth-order valence-electron chi connectivity index (χ4n) is 4.86. The van der Waals surface area contributed by atoms with Crippen LogP contribution in [0.5, 0.6) is 0 Å². The number of hydrogen-bond acceptors (Lipinski definition) is 3. The molecule has 0 saturated carbocycles. The molecule has 0 aliphatic carbocycles. The lowest BCUT2D eigenvalue weighted by atomic mass is 9.87. The molecule has 4 rings (SSSR count). The van der Waals surface area contributed by atoms with Crippen LogP contribution in [-0.4, -0.2) is 56.5 Å². The van der Waals surface area contributed by atoms with Gasteiger partial charge in [-0.1, -0.05) is 19.1 Å². The summed E-state index contributed by atoms with van der Waals surface area (Å²) in [7, 11) is 2.20. The van der Waals surface area contributed by atoms with Crippen LogP contribution in [0, 0.1) is 5.92 Å². The molecule has 1 amide bonds. The van der Waals surface area contributed by atoms with Crippen LogP contribution < -0.4 is 0 Å². The molecule has 1 unspecified atom stereocenters. The van der Waals surface area contributed by atoms with Crippen molar-refractivity contribution in [1.29, 1.82) is 0 Å². The average Bonchev–Trinajstić information content (AvgIpc) is 3.07. The standard InChI is InChI=1S/C22H32N4O2/c1-15-5-8-20(25(13-15)21(27)28)16-6-7-17-14-26(23-19(17)11-16)18-9-10-24(4)22(2,3)12-18/h6-7,11,14-15,18,20H,5,8-10,12-13H2,1-4H3,(H,27,28)/t15-,18?,20+/m0/s1. The largest absolute Gasteiger partial charge is 0.465 e. The highest BCUT2D eigenvalue weighted by molar-refractivity contribution is 5.79. The van der Waals surface area contributed by atoms with Gasteiger partial charge in [0.25, 0.3) is 0 Å². The molecule has 0 spiro atoms. The van der Waals surface area contributed by atoms with Gasteiger partial charge in [-0.05, 0) is 64.1 Å². The number of hydrogen-bond donors (Lipinski definition) is 1. The Kier molecular flexibility index (Phi) is 4.86. The Morgan fingerprint density at radius 1 is 1.25 bits per heavy atom. The van der Waals surface area contributed by atoms with Crippen molar-refractivity contribution in [3.05, 3.63) is 30.0 Å². The highest BCUT2D eigenvalue weighted by Gasteiger charge is 2.34. The normalized spacial score (nSPS) is 28.6. The van der Waals surface area contributed by atoms with Crippen molar-refractivity contribution in [2.75, 3.05) is 20.1 Å². The number of likely N-dealkylation sites (tertiary alicyclic amines) is 2. The van der Waals surface area contributed by atoms with E-state index in [9.17, 15) is 9.90 Å². The number of amides is 1. The molecule has 152 valence electrons. The molecule has 2 aliphatic rings. The zero-order chi connectivity index (χ0) is 20.1. The molecule has 2 saturated heterocycles. The van der Waals surface area contributed by atoms with E-state index in [-0.39, 0.29) is 11.6 Å². The predicted octanol–water partition coefficient (Wildman–Crippen LogP) is 4.53. The van der Waals surface area contributed by atoms with E-state index < -0.39 is 6.09 Å². The lowest BCUT2D eigenvalue weighted by Gasteiger charge is -2.43. The van der Waals surface area contributed by atoms with Crippen LogP contribution >= 0.6 is 0 Å². The molecule has 3 atom stereocenters. The Morgan fingerprint density at radius 2 is 2.04 bits per heavy atom. The summed E-state index contributed by atoms with van der Waals surface area (Å²) in [5.74, 6) is 0.420. The topological polar surface area (TPSA) is 61.6 Å². The lowest BCUT2D eigenvalue weighted by Crippen LogP contribution is -2.47. The zero-order valence-electron chi connectivity index (χ0n) is 17.4. The molecule has 1 aromatic carbocycles. The lowest BCUT2D eigenvalue weighted by molar-refractivity contribution is 0.0721.